The number of hydrogen-bond acceptors (Lipinski definition) is 5. The maximum atomic E-state index is 13.3. The van der Waals surface area contributed by atoms with Gasteiger partial charge in [0.1, 0.15) is 11.6 Å². The zero-order valence-corrected chi connectivity index (χ0v) is 16.4. The second-order valence-corrected chi connectivity index (χ2v) is 7.17. The summed E-state index contributed by atoms with van der Waals surface area (Å²) in [6.07, 6.45) is -2.49. The van der Waals surface area contributed by atoms with E-state index in [9.17, 15) is 37.5 Å². The third-order valence-electron chi connectivity index (χ3n) is 3.71. The fourth-order valence-electron chi connectivity index (χ4n) is 2.38. The van der Waals surface area contributed by atoms with Crippen LogP contribution in [0, 0.1) is 17.5 Å². The molecule has 1 N–H and O–H groups in total. The van der Waals surface area contributed by atoms with E-state index in [1.165, 1.54) is 27.7 Å². The average molecular weight is 417 g/mol. The van der Waals surface area contributed by atoms with Crippen molar-refractivity contribution in [3.8, 4) is 0 Å². The van der Waals surface area contributed by atoms with Gasteiger partial charge in [0.25, 0.3) is 0 Å². The molecule has 0 saturated carbocycles. The van der Waals surface area contributed by atoms with Gasteiger partial charge >= 0.3 is 12.1 Å². The Morgan fingerprint density at radius 2 is 1.62 bits per heavy atom. The molecule has 10 heteroatoms. The summed E-state index contributed by atoms with van der Waals surface area (Å²) < 4.78 is 44.7. The van der Waals surface area contributed by atoms with Crippen molar-refractivity contribution in [1.82, 2.24) is 4.90 Å². The fraction of sp³-hybridized carbons (Fsp3) is 0.474. The summed E-state index contributed by atoms with van der Waals surface area (Å²) in [7, 11) is 0. The molecule has 0 saturated heterocycles. The number of amides is 2. The zero-order valence-electron chi connectivity index (χ0n) is 16.4. The number of carboxylic acids is 1. The average Bonchev–Trinajstić information content (AvgIpc) is 2.59. The van der Waals surface area contributed by atoms with Crippen LogP contribution in [0.25, 0.3) is 0 Å². The lowest BCUT2D eigenvalue weighted by Crippen LogP contribution is -2.50. The van der Waals surface area contributed by atoms with Gasteiger partial charge in [0.2, 0.25) is 5.91 Å². The zero-order chi connectivity index (χ0) is 22.5. The lowest BCUT2D eigenvalue weighted by Gasteiger charge is -2.29. The first-order chi connectivity index (χ1) is 13.3. The number of benzene rings is 1. The minimum Gasteiger partial charge on any atom is -0.480 e. The number of rotatable bonds is 7. The van der Waals surface area contributed by atoms with Gasteiger partial charge in [0, 0.05) is 18.4 Å². The Labute approximate surface area is 165 Å². The number of carbonyl (C=O) groups excluding carboxylic acids is 3. The van der Waals surface area contributed by atoms with E-state index in [1.54, 1.807) is 0 Å². The van der Waals surface area contributed by atoms with Crippen molar-refractivity contribution in [2.75, 3.05) is 0 Å². The topological polar surface area (TPSA) is 101 Å². The van der Waals surface area contributed by atoms with Crippen LogP contribution < -0.4 is 0 Å². The van der Waals surface area contributed by atoms with Crippen LogP contribution in [0.4, 0.5) is 18.0 Å². The van der Waals surface area contributed by atoms with Crippen molar-refractivity contribution >= 4 is 23.8 Å². The Hall–Kier alpha value is -2.91. The molecule has 2 amide bonds. The van der Waals surface area contributed by atoms with Crippen LogP contribution >= 0.6 is 0 Å². The van der Waals surface area contributed by atoms with Crippen LogP contribution in [0.5, 0.6) is 0 Å². The number of ether oxygens (including phenoxy) is 1. The molecule has 0 spiro atoms. The normalized spacial score (nSPS) is 12.2. The molecular weight excluding hydrogens is 395 g/mol. The molecule has 0 bridgehead atoms. The molecule has 1 unspecified atom stereocenters. The van der Waals surface area contributed by atoms with E-state index in [0.29, 0.717) is 17.0 Å². The maximum absolute atomic E-state index is 13.3. The minimum atomic E-state index is -1.74. The number of hydrogen-bond donors (Lipinski definition) is 1. The van der Waals surface area contributed by atoms with Gasteiger partial charge in [-0.2, -0.15) is 0 Å². The second kappa shape index (κ2) is 9.53. The highest BCUT2D eigenvalue weighted by Gasteiger charge is 2.37. The van der Waals surface area contributed by atoms with Crippen molar-refractivity contribution in [3.63, 3.8) is 0 Å². The molecule has 0 aromatic heterocycles. The van der Waals surface area contributed by atoms with Crippen molar-refractivity contribution in [3.05, 3.63) is 35.1 Å². The molecule has 1 aromatic carbocycles. The molecule has 0 aliphatic heterocycles. The number of carboxylic acid groups (broad SMARTS) is 1. The predicted octanol–water partition coefficient (Wildman–Crippen LogP) is 3.69. The van der Waals surface area contributed by atoms with Crippen molar-refractivity contribution in [1.29, 1.82) is 0 Å². The summed E-state index contributed by atoms with van der Waals surface area (Å²) in [6, 6.07) is -0.769. The van der Waals surface area contributed by atoms with Crippen LogP contribution in [0.3, 0.4) is 0 Å². The number of carbonyl (C=O) groups is 4. The van der Waals surface area contributed by atoms with Crippen molar-refractivity contribution in [2.24, 2.45) is 0 Å². The molecule has 7 nitrogen and oxygen atoms in total. The smallest absolute Gasteiger partial charge is 0.417 e. The Balaban J connectivity index is 3.08. The highest BCUT2D eigenvalue weighted by molar-refractivity contribution is 5.98. The van der Waals surface area contributed by atoms with E-state index in [1.807, 2.05) is 0 Å². The van der Waals surface area contributed by atoms with E-state index in [0.717, 1.165) is 0 Å². The van der Waals surface area contributed by atoms with Gasteiger partial charge in [0.05, 0.1) is 0 Å². The molecule has 1 rings (SSSR count). The molecule has 29 heavy (non-hydrogen) atoms. The first-order valence-electron chi connectivity index (χ1n) is 8.74. The van der Waals surface area contributed by atoms with Gasteiger partial charge in [-0.05, 0) is 39.3 Å². The molecule has 160 valence electrons. The summed E-state index contributed by atoms with van der Waals surface area (Å²) in [5.74, 6) is -8.17. The third-order valence-corrected chi connectivity index (χ3v) is 3.71. The molecule has 0 radical (unpaired) electrons. The van der Waals surface area contributed by atoms with Crippen LogP contribution in [0.1, 0.15) is 57.3 Å². The van der Waals surface area contributed by atoms with Crippen LogP contribution in [0.2, 0.25) is 0 Å². The summed E-state index contributed by atoms with van der Waals surface area (Å²) in [4.78, 5) is 48.7. The number of nitrogens with zero attached hydrogens (tertiary/aromatic N) is 1. The first-order valence-corrected chi connectivity index (χ1v) is 8.74. The predicted molar refractivity (Wildman–Crippen MR) is 94.7 cm³/mol. The summed E-state index contributed by atoms with van der Waals surface area (Å²) >= 11 is 0. The number of ketones is 1. The van der Waals surface area contributed by atoms with Gasteiger partial charge < -0.3 is 9.84 Å². The molecule has 1 atom stereocenters. The number of aliphatic carboxylic acids is 1. The molecule has 0 heterocycles. The Morgan fingerprint density at radius 3 is 2.03 bits per heavy atom. The summed E-state index contributed by atoms with van der Waals surface area (Å²) in [5, 5.41) is 9.46. The Morgan fingerprint density at radius 1 is 1.10 bits per heavy atom. The molecular formula is C19H22F3NO6. The van der Waals surface area contributed by atoms with E-state index in [2.05, 4.69) is 0 Å². The van der Waals surface area contributed by atoms with Crippen LogP contribution in [-0.4, -0.2) is 45.4 Å². The van der Waals surface area contributed by atoms with Gasteiger partial charge in [0.15, 0.2) is 23.2 Å². The number of imide groups is 1. The van der Waals surface area contributed by atoms with E-state index in [4.69, 9.17) is 4.74 Å². The molecule has 1 aromatic rings. The summed E-state index contributed by atoms with van der Waals surface area (Å²) in [6.45, 7) is 5.98. The highest BCUT2D eigenvalue weighted by Crippen LogP contribution is 2.19. The van der Waals surface area contributed by atoms with E-state index < -0.39 is 71.3 Å². The van der Waals surface area contributed by atoms with Gasteiger partial charge in [-0.3, -0.25) is 9.59 Å². The van der Waals surface area contributed by atoms with Gasteiger partial charge in [-0.25, -0.2) is 27.7 Å². The van der Waals surface area contributed by atoms with E-state index >= 15 is 0 Å². The number of halogens is 3. The minimum absolute atomic E-state index is 0.203. The van der Waals surface area contributed by atoms with Crippen LogP contribution in [-0.2, 0) is 14.3 Å². The lowest BCUT2D eigenvalue weighted by molar-refractivity contribution is -0.149. The van der Waals surface area contributed by atoms with Crippen molar-refractivity contribution in [2.45, 2.75) is 58.6 Å². The monoisotopic (exact) mass is 417 g/mol. The van der Waals surface area contributed by atoms with Gasteiger partial charge in [-0.15, -0.1) is 0 Å². The first kappa shape index (κ1) is 24.1. The third kappa shape index (κ3) is 6.58. The second-order valence-electron chi connectivity index (χ2n) is 7.17. The fourth-order valence-corrected chi connectivity index (χ4v) is 2.38. The SMILES string of the molecule is CCC(=O)N(C(=O)OC(C)(C)C)C(CCC(=O)c1cc(F)c(F)c(F)c1)C(=O)O. The Bertz CT molecular complexity index is 796. The van der Waals surface area contributed by atoms with Gasteiger partial charge in [-0.1, -0.05) is 6.92 Å². The summed E-state index contributed by atoms with van der Waals surface area (Å²) in [5.41, 5.74) is -1.51. The van der Waals surface area contributed by atoms with E-state index in [-0.39, 0.29) is 6.42 Å². The molecule has 0 aliphatic carbocycles. The van der Waals surface area contributed by atoms with Crippen LogP contribution in [0.15, 0.2) is 12.1 Å². The molecule has 0 fully saturated rings. The molecule has 0 aliphatic rings. The number of Topliss-reactive ketones (excluding diaryl/α,β-unsaturated/α-hetero) is 1. The highest BCUT2D eigenvalue weighted by atomic mass is 19.2. The quantitative estimate of drug-likeness (QED) is 0.536. The maximum Gasteiger partial charge on any atom is 0.417 e. The standard InChI is InChI=1S/C19H22F3NO6/c1-5-15(25)23(18(28)29-19(2,3)4)13(17(26)27)6-7-14(24)10-8-11(20)16(22)12(21)9-10/h8-9,13H,5-7H2,1-4H3,(H,26,27). The largest absolute Gasteiger partial charge is 0.480 e. The Kier molecular flexibility index (Phi) is 7.93. The lowest BCUT2D eigenvalue weighted by atomic mass is 10.0. The van der Waals surface area contributed by atoms with Crippen molar-refractivity contribution < 1.29 is 42.2 Å².